The van der Waals surface area contributed by atoms with Gasteiger partial charge in [0.05, 0.1) is 6.61 Å². The van der Waals surface area contributed by atoms with Crippen molar-refractivity contribution in [1.82, 2.24) is 4.98 Å². The van der Waals surface area contributed by atoms with E-state index in [0.29, 0.717) is 17.9 Å². The Kier molecular flexibility index (Phi) is 4.25. The summed E-state index contributed by atoms with van der Waals surface area (Å²) in [5.74, 6) is 1.30. The van der Waals surface area contributed by atoms with Gasteiger partial charge in [-0.25, -0.2) is 9.78 Å². The maximum atomic E-state index is 11.0. The standard InChI is InChI=1S/C11H15N2O3/c1-8(2)6-13(11(15)16)10-5-9(7-14)3-4-12-10/h3-5,14H,6-7H2,1-2H3,(H,15,16). The van der Waals surface area contributed by atoms with Crippen LogP contribution in [-0.4, -0.2) is 27.8 Å². The Morgan fingerprint density at radius 1 is 1.50 bits per heavy atom. The number of rotatable bonds is 4. The van der Waals surface area contributed by atoms with E-state index in [1.807, 2.05) is 13.8 Å². The monoisotopic (exact) mass is 223 g/mol. The number of nitrogens with zero attached hydrogens (tertiary/aromatic N) is 2. The molecular weight excluding hydrogens is 208 g/mol. The van der Waals surface area contributed by atoms with Crippen molar-refractivity contribution in [3.63, 3.8) is 0 Å². The minimum Gasteiger partial charge on any atom is -0.465 e. The number of amides is 1. The summed E-state index contributed by atoms with van der Waals surface area (Å²) in [5.41, 5.74) is 0.644. The Morgan fingerprint density at radius 2 is 2.19 bits per heavy atom. The summed E-state index contributed by atoms with van der Waals surface area (Å²) in [6, 6.07) is 3.21. The molecule has 1 amide bonds. The van der Waals surface area contributed by atoms with E-state index in [4.69, 9.17) is 10.2 Å². The Hall–Kier alpha value is -1.62. The van der Waals surface area contributed by atoms with Crippen molar-refractivity contribution in [3.05, 3.63) is 29.8 Å². The molecule has 0 aliphatic rings. The Morgan fingerprint density at radius 3 is 2.69 bits per heavy atom. The highest BCUT2D eigenvalue weighted by atomic mass is 16.4. The van der Waals surface area contributed by atoms with Gasteiger partial charge >= 0.3 is 6.09 Å². The van der Waals surface area contributed by atoms with Crippen LogP contribution < -0.4 is 4.90 Å². The van der Waals surface area contributed by atoms with Gasteiger partial charge in [-0.2, -0.15) is 0 Å². The molecule has 2 N–H and O–H groups in total. The molecule has 0 unspecified atom stereocenters. The molecule has 0 bridgehead atoms. The summed E-state index contributed by atoms with van der Waals surface area (Å²) < 4.78 is 0. The summed E-state index contributed by atoms with van der Waals surface area (Å²) in [6.07, 6.45) is 0.436. The van der Waals surface area contributed by atoms with Gasteiger partial charge in [0, 0.05) is 12.7 Å². The molecule has 1 heterocycles. The molecule has 0 saturated carbocycles. The summed E-state index contributed by atoms with van der Waals surface area (Å²) in [6.45, 7) is 3.88. The van der Waals surface area contributed by atoms with Crippen LogP contribution in [0.4, 0.5) is 10.6 Å². The maximum absolute atomic E-state index is 11.0. The van der Waals surface area contributed by atoms with Crippen molar-refractivity contribution in [2.24, 2.45) is 0 Å². The number of anilines is 1. The fourth-order valence-corrected chi connectivity index (χ4v) is 1.27. The summed E-state index contributed by atoms with van der Waals surface area (Å²) in [7, 11) is 0. The van der Waals surface area contributed by atoms with Crippen LogP contribution in [0.2, 0.25) is 0 Å². The highest BCUT2D eigenvalue weighted by Gasteiger charge is 2.17. The van der Waals surface area contributed by atoms with E-state index in [0.717, 1.165) is 10.8 Å². The van der Waals surface area contributed by atoms with Crippen molar-refractivity contribution < 1.29 is 15.0 Å². The predicted molar refractivity (Wildman–Crippen MR) is 60.1 cm³/mol. The molecule has 0 aromatic carbocycles. The normalized spacial score (nSPS) is 10.5. The molecule has 1 radical (unpaired) electrons. The van der Waals surface area contributed by atoms with Crippen LogP contribution in [-0.2, 0) is 6.61 Å². The molecule has 0 spiro atoms. The number of hydrogen-bond donors (Lipinski definition) is 2. The fourth-order valence-electron chi connectivity index (χ4n) is 1.27. The van der Waals surface area contributed by atoms with Gasteiger partial charge < -0.3 is 10.2 Å². The molecule has 5 nitrogen and oxygen atoms in total. The molecule has 1 aromatic rings. The average Bonchev–Trinajstić information content (AvgIpc) is 2.25. The molecule has 0 saturated heterocycles. The molecule has 0 aliphatic heterocycles. The number of aliphatic hydroxyl groups is 1. The van der Waals surface area contributed by atoms with Crippen LogP contribution in [0.3, 0.4) is 0 Å². The highest BCUT2D eigenvalue weighted by molar-refractivity contribution is 5.85. The van der Waals surface area contributed by atoms with Gasteiger partial charge in [-0.3, -0.25) is 4.90 Å². The minimum atomic E-state index is -1.05. The zero-order chi connectivity index (χ0) is 12.1. The smallest absolute Gasteiger partial charge is 0.413 e. The maximum Gasteiger partial charge on any atom is 0.413 e. The largest absolute Gasteiger partial charge is 0.465 e. The summed E-state index contributed by atoms with van der Waals surface area (Å²) in [5, 5.41) is 18.0. The highest BCUT2D eigenvalue weighted by Crippen LogP contribution is 2.15. The first kappa shape index (κ1) is 12.4. The van der Waals surface area contributed by atoms with E-state index < -0.39 is 6.09 Å². The molecule has 87 valence electrons. The second-order valence-corrected chi connectivity index (χ2v) is 3.76. The van der Waals surface area contributed by atoms with Gasteiger partial charge in [0.2, 0.25) is 0 Å². The lowest BCUT2D eigenvalue weighted by Crippen LogP contribution is -2.33. The van der Waals surface area contributed by atoms with E-state index in [1.54, 1.807) is 12.1 Å². The molecule has 1 aromatic heterocycles. The van der Waals surface area contributed by atoms with Crippen molar-refractivity contribution in [2.75, 3.05) is 11.4 Å². The molecule has 0 aliphatic carbocycles. The van der Waals surface area contributed by atoms with E-state index in [1.165, 1.54) is 6.20 Å². The second-order valence-electron chi connectivity index (χ2n) is 3.76. The second kappa shape index (κ2) is 5.46. The molecule has 16 heavy (non-hydrogen) atoms. The molecular formula is C11H15N2O3. The predicted octanol–water partition coefficient (Wildman–Crippen LogP) is 1.67. The Balaban J connectivity index is 2.96. The number of aromatic nitrogens is 1. The molecule has 1 rings (SSSR count). The van der Waals surface area contributed by atoms with E-state index in [2.05, 4.69) is 4.98 Å². The number of carbonyl (C=O) groups is 1. The van der Waals surface area contributed by atoms with E-state index in [9.17, 15) is 4.79 Å². The first-order valence-electron chi connectivity index (χ1n) is 4.90. The van der Waals surface area contributed by atoms with Gasteiger partial charge in [-0.05, 0) is 23.6 Å². The lowest BCUT2D eigenvalue weighted by molar-refractivity contribution is 0.202. The van der Waals surface area contributed by atoms with Crippen LogP contribution >= 0.6 is 0 Å². The molecule has 0 atom stereocenters. The van der Waals surface area contributed by atoms with Crippen LogP contribution in [0.5, 0.6) is 0 Å². The van der Waals surface area contributed by atoms with Crippen LogP contribution in [0.25, 0.3) is 0 Å². The topological polar surface area (TPSA) is 73.7 Å². The van der Waals surface area contributed by atoms with E-state index >= 15 is 0 Å². The lowest BCUT2D eigenvalue weighted by atomic mass is 10.2. The zero-order valence-electron chi connectivity index (χ0n) is 9.34. The Labute approximate surface area is 94.4 Å². The summed E-state index contributed by atoms with van der Waals surface area (Å²) in [4.78, 5) is 16.2. The average molecular weight is 223 g/mol. The minimum absolute atomic E-state index is 0.127. The van der Waals surface area contributed by atoms with Crippen molar-refractivity contribution in [3.8, 4) is 0 Å². The number of aliphatic hydroxyl groups excluding tert-OH is 1. The van der Waals surface area contributed by atoms with Crippen molar-refractivity contribution >= 4 is 11.9 Å². The van der Waals surface area contributed by atoms with Gasteiger partial charge in [0.1, 0.15) is 5.82 Å². The SMILES string of the molecule is C[C](C)CN(C(=O)O)c1cc(CO)ccn1. The number of pyridine rings is 1. The van der Waals surface area contributed by atoms with Crippen LogP contribution in [0, 0.1) is 5.92 Å². The molecule has 0 fully saturated rings. The van der Waals surface area contributed by atoms with Crippen molar-refractivity contribution in [2.45, 2.75) is 20.5 Å². The lowest BCUT2D eigenvalue weighted by Gasteiger charge is -2.20. The third-order valence-electron chi connectivity index (χ3n) is 1.97. The van der Waals surface area contributed by atoms with Gasteiger partial charge in [-0.1, -0.05) is 13.8 Å². The first-order valence-corrected chi connectivity index (χ1v) is 4.90. The zero-order valence-corrected chi connectivity index (χ0v) is 9.34. The molecule has 5 heteroatoms. The van der Waals surface area contributed by atoms with Gasteiger partial charge in [0.15, 0.2) is 0 Å². The van der Waals surface area contributed by atoms with Crippen LogP contribution in [0.1, 0.15) is 19.4 Å². The van der Waals surface area contributed by atoms with E-state index in [-0.39, 0.29) is 6.61 Å². The third-order valence-corrected chi connectivity index (χ3v) is 1.97. The van der Waals surface area contributed by atoms with Crippen LogP contribution in [0.15, 0.2) is 18.3 Å². The fraction of sp³-hybridized carbons (Fsp3) is 0.364. The number of carboxylic acid groups (broad SMARTS) is 1. The quantitative estimate of drug-likeness (QED) is 0.814. The van der Waals surface area contributed by atoms with Crippen molar-refractivity contribution in [1.29, 1.82) is 0 Å². The number of hydrogen-bond acceptors (Lipinski definition) is 3. The van der Waals surface area contributed by atoms with Gasteiger partial charge in [-0.15, -0.1) is 0 Å². The Bertz CT molecular complexity index is 366. The first-order chi connectivity index (χ1) is 7.54. The van der Waals surface area contributed by atoms with Gasteiger partial charge in [0.25, 0.3) is 0 Å². The summed E-state index contributed by atoms with van der Waals surface area (Å²) >= 11 is 0. The third kappa shape index (κ3) is 3.20.